The Bertz CT molecular complexity index is 1280. The number of hydrogen-bond acceptors (Lipinski definition) is 6. The van der Waals surface area contributed by atoms with Crippen LogP contribution in [0, 0.1) is 0 Å². The summed E-state index contributed by atoms with van der Waals surface area (Å²) < 4.78 is 32.8. The van der Waals surface area contributed by atoms with Crippen LogP contribution in [0.4, 0.5) is 5.95 Å². The summed E-state index contributed by atoms with van der Waals surface area (Å²) in [6, 6.07) is 12.3. The highest BCUT2D eigenvalue weighted by Gasteiger charge is 2.41. The average Bonchev–Trinajstić information content (AvgIpc) is 3.10. The molecule has 1 unspecified atom stereocenters. The molecule has 3 aromatic rings. The topological polar surface area (TPSA) is 115 Å². The lowest BCUT2D eigenvalue weighted by Crippen LogP contribution is -2.43. The van der Waals surface area contributed by atoms with E-state index in [-0.39, 0.29) is 32.7 Å². The van der Waals surface area contributed by atoms with E-state index in [0.29, 0.717) is 5.52 Å². The van der Waals surface area contributed by atoms with Crippen molar-refractivity contribution >= 4 is 40.9 Å². The maximum absolute atomic E-state index is 13.9. The first-order valence-corrected chi connectivity index (χ1v) is 15.4. The number of hydrogen-bond donors (Lipinski definition) is 2. The van der Waals surface area contributed by atoms with Crippen molar-refractivity contribution in [3.63, 3.8) is 0 Å². The van der Waals surface area contributed by atoms with Gasteiger partial charge in [-0.3, -0.25) is 4.79 Å². The van der Waals surface area contributed by atoms with E-state index in [1.807, 2.05) is 30.3 Å². The standard InChI is InChI=1S/C24H33N3O4SSi/c1-15(2)32(29,30)19-14-17(13-18-20(19)27-23(25)26-18)21(28)22(16-11-9-8-10-12-16)31-33(6,7)24(3,4)5/h8-15,22H,1-7H3,(H3,25,26,27). The van der Waals surface area contributed by atoms with Crippen molar-refractivity contribution in [2.24, 2.45) is 0 Å². The normalized spacial score (nSPS) is 14.1. The van der Waals surface area contributed by atoms with E-state index in [1.54, 1.807) is 19.9 Å². The Kier molecular flexibility index (Phi) is 6.62. The van der Waals surface area contributed by atoms with Gasteiger partial charge in [0.15, 0.2) is 29.9 Å². The Labute approximate surface area is 196 Å². The largest absolute Gasteiger partial charge is 0.403 e. The fourth-order valence-electron chi connectivity index (χ4n) is 3.24. The number of fused-ring (bicyclic) bond motifs is 1. The number of nitrogens with two attached hydrogens (primary N) is 1. The Morgan fingerprint density at radius 3 is 2.27 bits per heavy atom. The molecular weight excluding hydrogens is 454 g/mol. The molecule has 9 heteroatoms. The van der Waals surface area contributed by atoms with Gasteiger partial charge in [0.2, 0.25) is 0 Å². The molecule has 3 N–H and O–H groups in total. The third-order valence-electron chi connectivity index (χ3n) is 6.34. The molecule has 178 valence electrons. The lowest BCUT2D eigenvalue weighted by molar-refractivity contribution is 0.0767. The second-order valence-electron chi connectivity index (χ2n) is 10.1. The summed E-state index contributed by atoms with van der Waals surface area (Å²) in [7, 11) is -6.06. The van der Waals surface area contributed by atoms with Crippen LogP contribution in [0.2, 0.25) is 18.1 Å². The molecule has 0 aliphatic heterocycles. The van der Waals surface area contributed by atoms with Gasteiger partial charge in [-0.25, -0.2) is 13.4 Å². The van der Waals surface area contributed by atoms with Gasteiger partial charge in [-0.05, 0) is 49.7 Å². The van der Waals surface area contributed by atoms with Gasteiger partial charge in [-0.15, -0.1) is 0 Å². The van der Waals surface area contributed by atoms with Crippen molar-refractivity contribution in [3.05, 3.63) is 53.6 Å². The summed E-state index contributed by atoms with van der Waals surface area (Å²) in [6.45, 7) is 13.7. The number of ketones is 1. The molecular formula is C24H33N3O4SSi. The van der Waals surface area contributed by atoms with Crippen LogP contribution in [-0.4, -0.2) is 37.7 Å². The molecule has 0 amide bonds. The van der Waals surface area contributed by atoms with E-state index in [4.69, 9.17) is 10.2 Å². The van der Waals surface area contributed by atoms with E-state index >= 15 is 0 Å². The number of nitrogens with one attached hydrogen (secondary N) is 1. The molecule has 7 nitrogen and oxygen atoms in total. The first-order valence-electron chi connectivity index (χ1n) is 11.0. The van der Waals surface area contributed by atoms with Gasteiger partial charge < -0.3 is 15.1 Å². The lowest BCUT2D eigenvalue weighted by Gasteiger charge is -2.39. The smallest absolute Gasteiger partial charge is 0.198 e. The number of H-pyrrole nitrogens is 1. The van der Waals surface area contributed by atoms with Crippen molar-refractivity contribution in [2.45, 2.75) is 69.0 Å². The van der Waals surface area contributed by atoms with Gasteiger partial charge in [-0.2, -0.15) is 0 Å². The number of nitrogen functional groups attached to an aromatic ring is 1. The minimum atomic E-state index is -3.72. The summed E-state index contributed by atoms with van der Waals surface area (Å²) in [6.07, 6.45) is -0.862. The molecule has 0 spiro atoms. The molecule has 1 aromatic heterocycles. The fourth-order valence-corrected chi connectivity index (χ4v) is 5.65. The second-order valence-corrected chi connectivity index (χ2v) is 17.3. The molecule has 0 aliphatic carbocycles. The second kappa shape index (κ2) is 8.70. The van der Waals surface area contributed by atoms with E-state index in [1.165, 1.54) is 6.07 Å². The number of Topliss-reactive ketones (excluding diaryl/α,β-unsaturated/α-hetero) is 1. The number of aromatic nitrogens is 2. The Hall–Kier alpha value is -2.49. The number of sulfone groups is 1. The van der Waals surface area contributed by atoms with Crippen LogP contribution in [0.1, 0.15) is 56.6 Å². The molecule has 0 fully saturated rings. The molecule has 2 aromatic carbocycles. The van der Waals surface area contributed by atoms with Crippen molar-refractivity contribution in [1.82, 2.24) is 9.97 Å². The van der Waals surface area contributed by atoms with Crippen molar-refractivity contribution < 1.29 is 17.6 Å². The lowest BCUT2D eigenvalue weighted by atomic mass is 9.99. The Morgan fingerprint density at radius 1 is 1.12 bits per heavy atom. The van der Waals surface area contributed by atoms with Crippen molar-refractivity contribution in [3.8, 4) is 0 Å². The van der Waals surface area contributed by atoms with Crippen LogP contribution >= 0.6 is 0 Å². The van der Waals surface area contributed by atoms with E-state index in [9.17, 15) is 13.2 Å². The summed E-state index contributed by atoms with van der Waals surface area (Å²) in [5.41, 5.74) is 7.42. The van der Waals surface area contributed by atoms with Crippen molar-refractivity contribution in [2.75, 3.05) is 5.73 Å². The molecule has 3 rings (SSSR count). The predicted molar refractivity (Wildman–Crippen MR) is 135 cm³/mol. The third-order valence-corrected chi connectivity index (χ3v) is 12.9. The van der Waals surface area contributed by atoms with Crippen LogP contribution in [0.5, 0.6) is 0 Å². The van der Waals surface area contributed by atoms with Gasteiger partial charge in [0.1, 0.15) is 11.6 Å². The number of aromatic amines is 1. The van der Waals surface area contributed by atoms with Gasteiger partial charge in [0.25, 0.3) is 0 Å². The fraction of sp³-hybridized carbons (Fsp3) is 0.417. The third kappa shape index (κ3) is 4.90. The van der Waals surface area contributed by atoms with Gasteiger partial charge in [-0.1, -0.05) is 51.1 Å². The number of carbonyl (C=O) groups excluding carboxylic acids is 1. The highest BCUT2D eigenvalue weighted by Crippen LogP contribution is 2.41. The van der Waals surface area contributed by atoms with Crippen LogP contribution in [0.25, 0.3) is 11.0 Å². The average molecular weight is 488 g/mol. The van der Waals surface area contributed by atoms with Gasteiger partial charge >= 0.3 is 0 Å². The van der Waals surface area contributed by atoms with Crippen LogP contribution in [0.3, 0.4) is 0 Å². The van der Waals surface area contributed by atoms with Gasteiger partial charge in [0, 0.05) is 5.56 Å². The minimum absolute atomic E-state index is 0.00885. The summed E-state index contributed by atoms with van der Waals surface area (Å²) in [5.74, 6) is -0.215. The zero-order valence-corrected chi connectivity index (χ0v) is 22.1. The highest BCUT2D eigenvalue weighted by molar-refractivity contribution is 7.92. The highest BCUT2D eigenvalue weighted by atomic mass is 32.2. The number of anilines is 1. The number of carbonyl (C=O) groups is 1. The molecule has 1 atom stereocenters. The molecule has 0 radical (unpaired) electrons. The maximum Gasteiger partial charge on any atom is 0.198 e. The van der Waals surface area contributed by atoms with E-state index in [2.05, 4.69) is 43.8 Å². The molecule has 0 saturated carbocycles. The molecule has 0 saturated heterocycles. The molecule has 0 bridgehead atoms. The quantitative estimate of drug-likeness (QED) is 0.346. The van der Waals surface area contributed by atoms with Crippen LogP contribution in [0.15, 0.2) is 47.4 Å². The van der Waals surface area contributed by atoms with Gasteiger partial charge in [0.05, 0.1) is 15.7 Å². The summed E-state index contributed by atoms with van der Waals surface area (Å²) in [4.78, 5) is 20.9. The number of nitrogens with zero attached hydrogens (tertiary/aromatic N) is 1. The minimum Gasteiger partial charge on any atom is -0.403 e. The summed E-state index contributed by atoms with van der Waals surface area (Å²) >= 11 is 0. The van der Waals surface area contributed by atoms with Crippen LogP contribution in [-0.2, 0) is 14.3 Å². The Morgan fingerprint density at radius 2 is 1.73 bits per heavy atom. The molecule has 0 aliphatic rings. The Balaban J connectivity index is 2.20. The van der Waals surface area contributed by atoms with Crippen LogP contribution < -0.4 is 5.73 Å². The van der Waals surface area contributed by atoms with E-state index in [0.717, 1.165) is 5.56 Å². The number of rotatable bonds is 7. The zero-order chi connectivity index (χ0) is 24.8. The number of imidazole rings is 1. The SMILES string of the molecule is CC(C)S(=O)(=O)c1cc(C(=O)C(O[Si](C)(C)C(C)(C)C)c2ccccc2)cc2[nH]c(N)nc12. The summed E-state index contributed by atoms with van der Waals surface area (Å²) in [5, 5.41) is -0.800. The first kappa shape index (κ1) is 25.1. The monoisotopic (exact) mass is 487 g/mol. The predicted octanol–water partition coefficient (Wildman–Crippen LogP) is 5.27. The molecule has 33 heavy (non-hydrogen) atoms. The van der Waals surface area contributed by atoms with Crippen molar-refractivity contribution in [1.29, 1.82) is 0 Å². The number of benzene rings is 2. The maximum atomic E-state index is 13.9. The molecule has 1 heterocycles. The first-order chi connectivity index (χ1) is 15.1. The van der Waals surface area contributed by atoms with E-state index < -0.39 is 29.5 Å². The zero-order valence-electron chi connectivity index (χ0n) is 20.3.